The van der Waals surface area contributed by atoms with Crippen molar-refractivity contribution in [2.75, 3.05) is 0 Å². The summed E-state index contributed by atoms with van der Waals surface area (Å²) >= 11 is 0. The first-order valence-corrected chi connectivity index (χ1v) is 2.07. The molecule has 1 rings (SSSR count). The van der Waals surface area contributed by atoms with Crippen molar-refractivity contribution in [3.8, 4) is 0 Å². The Morgan fingerprint density at radius 3 is 2.86 bits per heavy atom. The lowest BCUT2D eigenvalue weighted by atomic mass is 10.8. The Labute approximate surface area is 41.1 Å². The van der Waals surface area contributed by atoms with Crippen LogP contribution in [0.5, 0.6) is 0 Å². The van der Waals surface area contributed by atoms with Crippen LogP contribution in [0.3, 0.4) is 0 Å². The highest BCUT2D eigenvalue weighted by Gasteiger charge is 1.81. The van der Waals surface area contributed by atoms with Crippen LogP contribution in [0.2, 0.25) is 0 Å². The standard InChI is InChI=1S/C3H5N4/c1-2-7-5-3-4-6-7/h2H2,1H3. The van der Waals surface area contributed by atoms with Gasteiger partial charge in [0, 0.05) is 0 Å². The van der Waals surface area contributed by atoms with Crippen molar-refractivity contribution in [3.63, 3.8) is 0 Å². The van der Waals surface area contributed by atoms with Crippen molar-refractivity contribution in [1.29, 1.82) is 0 Å². The maximum atomic E-state index is 3.60. The third-order valence-corrected chi connectivity index (χ3v) is 0.636. The van der Waals surface area contributed by atoms with Crippen molar-refractivity contribution < 1.29 is 0 Å². The predicted molar refractivity (Wildman–Crippen MR) is 22.3 cm³/mol. The summed E-state index contributed by atoms with van der Waals surface area (Å²) in [4.78, 5) is 1.46. The van der Waals surface area contributed by atoms with Gasteiger partial charge in [0.15, 0.2) is 0 Å². The molecule has 0 aliphatic carbocycles. The molecule has 0 aliphatic heterocycles. The van der Waals surface area contributed by atoms with Gasteiger partial charge in [0.05, 0.1) is 6.54 Å². The number of hydrogen-bond donors (Lipinski definition) is 0. The molecule has 4 nitrogen and oxygen atoms in total. The van der Waals surface area contributed by atoms with E-state index in [1.54, 1.807) is 0 Å². The number of aryl methyl sites for hydroxylation is 1. The quantitative estimate of drug-likeness (QED) is 0.474. The SMILES string of the molecule is CCn1n[c]nn1. The largest absolute Gasteiger partial charge is 0.245 e. The van der Waals surface area contributed by atoms with Crippen molar-refractivity contribution >= 4 is 0 Å². The molecule has 0 bridgehead atoms. The van der Waals surface area contributed by atoms with Gasteiger partial charge in [-0.15, -0.1) is 10.2 Å². The normalized spacial score (nSPS) is 9.29. The van der Waals surface area contributed by atoms with Gasteiger partial charge in [0.1, 0.15) is 0 Å². The molecule has 0 atom stereocenters. The van der Waals surface area contributed by atoms with Gasteiger partial charge in [-0.25, -0.2) is 0 Å². The topological polar surface area (TPSA) is 43.6 Å². The van der Waals surface area contributed by atoms with E-state index >= 15 is 0 Å². The summed E-state index contributed by atoms with van der Waals surface area (Å²) in [7, 11) is 0. The molecule has 1 radical (unpaired) electrons. The van der Waals surface area contributed by atoms with E-state index in [2.05, 4.69) is 21.7 Å². The summed E-state index contributed by atoms with van der Waals surface area (Å²) < 4.78 is 0. The Hall–Kier alpha value is -0.930. The highest BCUT2D eigenvalue weighted by Crippen LogP contribution is 1.67. The summed E-state index contributed by atoms with van der Waals surface area (Å²) in [6, 6.07) is 0. The molecule has 4 heteroatoms. The minimum absolute atomic E-state index is 0.760. The first-order chi connectivity index (χ1) is 3.43. The Kier molecular flexibility index (Phi) is 1.02. The van der Waals surface area contributed by atoms with E-state index in [9.17, 15) is 0 Å². The number of tetrazole rings is 1. The highest BCUT2D eigenvalue weighted by atomic mass is 15.6. The number of nitrogens with zero attached hydrogens (tertiary/aromatic N) is 4. The third-order valence-electron chi connectivity index (χ3n) is 0.636. The summed E-state index contributed by atoms with van der Waals surface area (Å²) in [5.74, 6) is 0. The van der Waals surface area contributed by atoms with Crippen LogP contribution in [-0.4, -0.2) is 20.2 Å². The predicted octanol–water partition coefficient (Wildman–Crippen LogP) is -0.507. The van der Waals surface area contributed by atoms with Crippen LogP contribution in [0.15, 0.2) is 0 Å². The smallest absolute Gasteiger partial charge is 0.164 e. The summed E-state index contributed by atoms with van der Waals surface area (Å²) in [6.45, 7) is 2.70. The molecule has 7 heavy (non-hydrogen) atoms. The fourth-order valence-electron chi connectivity index (χ4n) is 0.297. The Morgan fingerprint density at radius 2 is 2.57 bits per heavy atom. The first kappa shape index (κ1) is 4.23. The van der Waals surface area contributed by atoms with Gasteiger partial charge in [0.2, 0.25) is 6.33 Å². The van der Waals surface area contributed by atoms with Crippen LogP contribution in [0.4, 0.5) is 0 Å². The van der Waals surface area contributed by atoms with Gasteiger partial charge >= 0.3 is 0 Å². The monoisotopic (exact) mass is 97.1 g/mol. The Balaban J connectivity index is 2.76. The van der Waals surface area contributed by atoms with Crippen LogP contribution in [0.25, 0.3) is 0 Å². The Bertz CT molecular complexity index is 121. The molecule has 0 amide bonds. The van der Waals surface area contributed by atoms with E-state index in [0.717, 1.165) is 6.54 Å². The maximum Gasteiger partial charge on any atom is 0.245 e. The zero-order valence-electron chi connectivity index (χ0n) is 4.00. The van der Waals surface area contributed by atoms with Crippen LogP contribution in [0.1, 0.15) is 6.92 Å². The van der Waals surface area contributed by atoms with Crippen molar-refractivity contribution in [2.45, 2.75) is 13.5 Å². The average Bonchev–Trinajstić information content (AvgIpc) is 2.14. The molecular weight excluding hydrogens is 92.1 g/mol. The molecule has 0 saturated carbocycles. The molecule has 0 aliphatic rings. The fraction of sp³-hybridized carbons (Fsp3) is 0.667. The second-order valence-corrected chi connectivity index (χ2v) is 1.08. The molecular formula is C3H5N4. The molecule has 1 heterocycles. The van der Waals surface area contributed by atoms with E-state index in [0.29, 0.717) is 0 Å². The van der Waals surface area contributed by atoms with Crippen molar-refractivity contribution in [2.24, 2.45) is 0 Å². The lowest BCUT2D eigenvalue weighted by molar-refractivity contribution is 0.552. The number of hydrogen-bond acceptors (Lipinski definition) is 3. The van der Waals surface area contributed by atoms with E-state index in [1.165, 1.54) is 4.80 Å². The Morgan fingerprint density at radius 1 is 1.71 bits per heavy atom. The minimum Gasteiger partial charge on any atom is -0.164 e. The lowest BCUT2D eigenvalue weighted by Gasteiger charge is -1.82. The third kappa shape index (κ3) is 0.734. The molecule has 0 spiro atoms. The van der Waals surface area contributed by atoms with Crippen LogP contribution in [0, 0.1) is 6.33 Å². The second kappa shape index (κ2) is 1.68. The number of aromatic nitrogens is 4. The molecule has 0 aromatic carbocycles. The molecule has 0 saturated heterocycles. The zero-order chi connectivity index (χ0) is 5.11. The molecule has 37 valence electrons. The molecule has 0 unspecified atom stereocenters. The zero-order valence-corrected chi connectivity index (χ0v) is 4.00. The summed E-state index contributed by atoms with van der Waals surface area (Å²) in [6.07, 6.45) is 2.33. The number of rotatable bonds is 1. The average molecular weight is 97.1 g/mol. The van der Waals surface area contributed by atoms with Crippen LogP contribution < -0.4 is 0 Å². The fourth-order valence-corrected chi connectivity index (χ4v) is 0.297. The lowest BCUT2D eigenvalue weighted by Crippen LogP contribution is -1.97. The minimum atomic E-state index is 0.760. The summed E-state index contributed by atoms with van der Waals surface area (Å²) in [5.41, 5.74) is 0. The van der Waals surface area contributed by atoms with Gasteiger partial charge in [-0.3, -0.25) is 0 Å². The van der Waals surface area contributed by atoms with E-state index in [1.807, 2.05) is 6.92 Å². The second-order valence-electron chi connectivity index (χ2n) is 1.08. The first-order valence-electron chi connectivity index (χ1n) is 2.07. The van der Waals surface area contributed by atoms with Crippen LogP contribution in [-0.2, 0) is 6.54 Å². The van der Waals surface area contributed by atoms with Crippen LogP contribution >= 0.6 is 0 Å². The van der Waals surface area contributed by atoms with Gasteiger partial charge in [-0.1, -0.05) is 0 Å². The molecule has 1 aromatic heterocycles. The highest BCUT2D eigenvalue weighted by molar-refractivity contribution is 4.30. The van der Waals surface area contributed by atoms with Gasteiger partial charge < -0.3 is 0 Å². The van der Waals surface area contributed by atoms with Gasteiger partial charge in [-0.05, 0) is 12.1 Å². The summed E-state index contributed by atoms with van der Waals surface area (Å²) in [5, 5.41) is 10.5. The van der Waals surface area contributed by atoms with E-state index in [-0.39, 0.29) is 0 Å². The maximum absolute atomic E-state index is 3.60. The van der Waals surface area contributed by atoms with Gasteiger partial charge in [-0.2, -0.15) is 4.80 Å². The van der Waals surface area contributed by atoms with Crippen molar-refractivity contribution in [1.82, 2.24) is 20.2 Å². The van der Waals surface area contributed by atoms with Gasteiger partial charge in [0.25, 0.3) is 0 Å². The van der Waals surface area contributed by atoms with E-state index in [4.69, 9.17) is 0 Å². The van der Waals surface area contributed by atoms with E-state index < -0.39 is 0 Å². The molecule has 1 aromatic rings. The molecule has 0 N–H and O–H groups in total. The molecule has 0 fully saturated rings. The van der Waals surface area contributed by atoms with Crippen molar-refractivity contribution in [3.05, 3.63) is 6.33 Å².